The van der Waals surface area contributed by atoms with Gasteiger partial charge in [0.25, 0.3) is 0 Å². The molecule has 3 heterocycles. The quantitative estimate of drug-likeness (QED) is 0.861. The molecule has 3 rings (SSSR count). The molecule has 4 heteroatoms. The van der Waals surface area contributed by atoms with E-state index < -0.39 is 0 Å². The Morgan fingerprint density at radius 3 is 2.64 bits per heavy atom. The summed E-state index contributed by atoms with van der Waals surface area (Å²) in [6, 6.07) is 7.57. The van der Waals surface area contributed by atoms with Gasteiger partial charge in [-0.05, 0) is 52.2 Å². The van der Waals surface area contributed by atoms with Crippen molar-refractivity contribution >= 4 is 5.91 Å². The molecule has 4 nitrogen and oxygen atoms in total. The number of rotatable bonds is 3. The highest BCUT2D eigenvalue weighted by Crippen LogP contribution is 2.32. The van der Waals surface area contributed by atoms with Crippen molar-refractivity contribution < 1.29 is 4.79 Å². The lowest BCUT2D eigenvalue weighted by atomic mass is 10.0. The fraction of sp³-hybridized carbons (Fsp3) is 0.667. The van der Waals surface area contributed by atoms with Crippen molar-refractivity contribution in [3.05, 3.63) is 30.1 Å². The first kappa shape index (κ1) is 15.5. The number of amides is 1. The van der Waals surface area contributed by atoms with E-state index in [4.69, 9.17) is 0 Å². The van der Waals surface area contributed by atoms with Crippen molar-refractivity contribution in [2.45, 2.75) is 64.1 Å². The highest BCUT2D eigenvalue weighted by atomic mass is 16.2. The van der Waals surface area contributed by atoms with E-state index >= 15 is 0 Å². The van der Waals surface area contributed by atoms with Crippen molar-refractivity contribution in [1.29, 1.82) is 0 Å². The number of carbonyl (C=O) groups is 1. The molecule has 0 aliphatic carbocycles. The second kappa shape index (κ2) is 6.37. The molecule has 0 spiro atoms. The van der Waals surface area contributed by atoms with Gasteiger partial charge in [-0.25, -0.2) is 0 Å². The normalized spacial score (nSPS) is 27.0. The molecule has 3 atom stereocenters. The Labute approximate surface area is 133 Å². The SMILES string of the molecule is CC(C)N1[C@@H]2CC[C@H]1CN(C(=O)[C@@H](C)c1ccccn1)CC2. The number of hydrogen-bond donors (Lipinski definition) is 0. The number of nitrogens with zero attached hydrogens (tertiary/aromatic N) is 3. The number of fused-ring (bicyclic) bond motifs is 2. The van der Waals surface area contributed by atoms with Crippen LogP contribution in [0.4, 0.5) is 0 Å². The lowest BCUT2D eigenvalue weighted by Crippen LogP contribution is -2.45. The van der Waals surface area contributed by atoms with Crippen LogP contribution in [0.1, 0.15) is 51.6 Å². The molecule has 0 radical (unpaired) electrons. The average molecular weight is 301 g/mol. The average Bonchev–Trinajstić information content (AvgIpc) is 2.81. The molecule has 2 aliphatic rings. The Kier molecular flexibility index (Phi) is 4.48. The molecule has 0 N–H and O–H groups in total. The topological polar surface area (TPSA) is 36.4 Å². The van der Waals surface area contributed by atoms with Crippen LogP contribution in [0.2, 0.25) is 0 Å². The Morgan fingerprint density at radius 1 is 1.18 bits per heavy atom. The van der Waals surface area contributed by atoms with E-state index in [0.29, 0.717) is 18.1 Å². The van der Waals surface area contributed by atoms with E-state index in [-0.39, 0.29) is 11.8 Å². The van der Waals surface area contributed by atoms with Gasteiger partial charge in [-0.1, -0.05) is 6.07 Å². The van der Waals surface area contributed by atoms with Gasteiger partial charge in [0, 0.05) is 37.4 Å². The molecule has 2 bridgehead atoms. The third-order valence-electron chi connectivity index (χ3n) is 5.25. The van der Waals surface area contributed by atoms with Crippen LogP contribution in [0, 0.1) is 0 Å². The molecule has 2 fully saturated rings. The zero-order chi connectivity index (χ0) is 15.7. The second-order valence-electron chi connectivity index (χ2n) is 6.98. The van der Waals surface area contributed by atoms with Crippen molar-refractivity contribution in [2.75, 3.05) is 13.1 Å². The largest absolute Gasteiger partial charge is 0.341 e. The first-order chi connectivity index (χ1) is 10.6. The number of pyridine rings is 1. The third kappa shape index (κ3) is 2.89. The highest BCUT2D eigenvalue weighted by Gasteiger charge is 2.40. The summed E-state index contributed by atoms with van der Waals surface area (Å²) in [5.74, 6) is 0.0836. The molecular weight excluding hydrogens is 274 g/mol. The van der Waals surface area contributed by atoms with Gasteiger partial charge in [-0.2, -0.15) is 0 Å². The molecule has 2 aliphatic heterocycles. The first-order valence-corrected chi connectivity index (χ1v) is 8.55. The van der Waals surface area contributed by atoms with E-state index in [1.165, 1.54) is 12.8 Å². The van der Waals surface area contributed by atoms with Crippen LogP contribution < -0.4 is 0 Å². The predicted molar refractivity (Wildman–Crippen MR) is 87.6 cm³/mol. The van der Waals surface area contributed by atoms with Gasteiger partial charge in [-0.15, -0.1) is 0 Å². The van der Waals surface area contributed by atoms with E-state index in [1.54, 1.807) is 6.20 Å². The monoisotopic (exact) mass is 301 g/mol. The minimum atomic E-state index is -0.148. The number of carbonyl (C=O) groups excluding carboxylic acids is 1. The van der Waals surface area contributed by atoms with Gasteiger partial charge < -0.3 is 4.90 Å². The number of aromatic nitrogens is 1. The third-order valence-corrected chi connectivity index (χ3v) is 5.25. The van der Waals surface area contributed by atoms with E-state index in [2.05, 4.69) is 28.6 Å². The van der Waals surface area contributed by atoms with Crippen molar-refractivity contribution in [1.82, 2.24) is 14.8 Å². The number of hydrogen-bond acceptors (Lipinski definition) is 3. The minimum absolute atomic E-state index is 0.148. The molecule has 0 saturated carbocycles. The molecule has 1 amide bonds. The summed E-state index contributed by atoms with van der Waals surface area (Å²) >= 11 is 0. The van der Waals surface area contributed by atoms with Gasteiger partial charge >= 0.3 is 0 Å². The first-order valence-electron chi connectivity index (χ1n) is 8.55. The maximum atomic E-state index is 12.9. The van der Waals surface area contributed by atoms with Gasteiger partial charge in [0.2, 0.25) is 5.91 Å². The van der Waals surface area contributed by atoms with Crippen molar-refractivity contribution in [3.8, 4) is 0 Å². The summed E-state index contributed by atoms with van der Waals surface area (Å²) in [5, 5.41) is 0. The van der Waals surface area contributed by atoms with E-state index in [1.807, 2.05) is 25.1 Å². The van der Waals surface area contributed by atoms with E-state index in [0.717, 1.165) is 25.2 Å². The molecular formula is C18H27N3O. The van der Waals surface area contributed by atoms with Gasteiger partial charge in [0.1, 0.15) is 0 Å². The molecule has 120 valence electrons. The molecule has 1 aromatic heterocycles. The lowest BCUT2D eigenvalue weighted by Gasteiger charge is -2.32. The Bertz CT molecular complexity index is 516. The molecule has 2 saturated heterocycles. The maximum Gasteiger partial charge on any atom is 0.231 e. The zero-order valence-corrected chi connectivity index (χ0v) is 13.9. The molecule has 1 aromatic rings. The van der Waals surface area contributed by atoms with Crippen LogP contribution in [0.5, 0.6) is 0 Å². The fourth-order valence-electron chi connectivity index (χ4n) is 4.19. The van der Waals surface area contributed by atoms with Crippen molar-refractivity contribution in [2.24, 2.45) is 0 Å². The predicted octanol–water partition coefficient (Wildman–Crippen LogP) is 2.66. The van der Waals surface area contributed by atoms with Crippen LogP contribution in [0.15, 0.2) is 24.4 Å². The summed E-state index contributed by atoms with van der Waals surface area (Å²) in [5.41, 5.74) is 0.877. The van der Waals surface area contributed by atoms with Crippen LogP contribution in [0.25, 0.3) is 0 Å². The summed E-state index contributed by atoms with van der Waals surface area (Å²) in [6.07, 6.45) is 5.39. The summed E-state index contributed by atoms with van der Waals surface area (Å²) in [4.78, 5) is 21.9. The molecule has 0 unspecified atom stereocenters. The summed E-state index contributed by atoms with van der Waals surface area (Å²) < 4.78 is 0. The Balaban J connectivity index is 1.72. The Hall–Kier alpha value is -1.42. The van der Waals surface area contributed by atoms with Gasteiger partial charge in [0.15, 0.2) is 0 Å². The minimum Gasteiger partial charge on any atom is -0.341 e. The summed E-state index contributed by atoms with van der Waals surface area (Å²) in [6.45, 7) is 8.30. The van der Waals surface area contributed by atoms with Crippen LogP contribution in [-0.4, -0.2) is 51.9 Å². The van der Waals surface area contributed by atoms with Crippen LogP contribution in [-0.2, 0) is 4.79 Å². The van der Waals surface area contributed by atoms with E-state index in [9.17, 15) is 4.79 Å². The van der Waals surface area contributed by atoms with Crippen molar-refractivity contribution in [3.63, 3.8) is 0 Å². The highest BCUT2D eigenvalue weighted by molar-refractivity contribution is 5.83. The smallest absolute Gasteiger partial charge is 0.231 e. The maximum absolute atomic E-state index is 12.9. The van der Waals surface area contributed by atoms with Crippen LogP contribution in [0.3, 0.4) is 0 Å². The summed E-state index contributed by atoms with van der Waals surface area (Å²) in [7, 11) is 0. The van der Waals surface area contributed by atoms with Gasteiger partial charge in [0.05, 0.1) is 11.6 Å². The van der Waals surface area contributed by atoms with Gasteiger partial charge in [-0.3, -0.25) is 14.7 Å². The molecule has 22 heavy (non-hydrogen) atoms. The van der Waals surface area contributed by atoms with Crippen LogP contribution >= 0.6 is 0 Å². The lowest BCUT2D eigenvalue weighted by molar-refractivity contribution is -0.132. The standard InChI is InChI=1S/C18H27N3O/c1-13(2)21-15-7-8-16(21)12-20(11-9-15)18(22)14(3)17-6-4-5-10-19-17/h4-6,10,13-16H,7-9,11-12H2,1-3H3/t14-,15+,16-/m0/s1. The second-order valence-corrected chi connectivity index (χ2v) is 6.98. The number of likely N-dealkylation sites (tertiary alicyclic amines) is 1. The Morgan fingerprint density at radius 2 is 1.95 bits per heavy atom. The zero-order valence-electron chi connectivity index (χ0n) is 13.9. The molecule has 0 aromatic carbocycles. The fourth-order valence-corrected chi connectivity index (χ4v) is 4.19.